The van der Waals surface area contributed by atoms with Crippen LogP contribution in [0.1, 0.15) is 0 Å². The first-order valence-corrected chi connectivity index (χ1v) is 5.29. The van der Waals surface area contributed by atoms with Crippen molar-refractivity contribution in [1.82, 2.24) is 9.97 Å². The molecule has 100 valence electrons. The largest absolute Gasteiger partial charge is 0.394 e. The van der Waals surface area contributed by atoms with Crippen molar-refractivity contribution in [3.63, 3.8) is 0 Å². The summed E-state index contributed by atoms with van der Waals surface area (Å²) in [5.74, 6) is 0.289. The lowest BCUT2D eigenvalue weighted by atomic mass is 10.1. The van der Waals surface area contributed by atoms with Gasteiger partial charge in [-0.2, -0.15) is 0 Å². The molecule has 1 saturated heterocycles. The maximum Gasteiger partial charge on any atom is 0.158 e. The van der Waals surface area contributed by atoms with Gasteiger partial charge in [0, 0.05) is 0 Å². The molecule has 2 heterocycles. The molecular weight excluding hydrogens is 242 g/mol. The zero-order valence-corrected chi connectivity index (χ0v) is 9.39. The summed E-state index contributed by atoms with van der Waals surface area (Å²) in [6.45, 7) is -0.405. The van der Waals surface area contributed by atoms with Crippen molar-refractivity contribution in [2.75, 3.05) is 23.4 Å². The van der Waals surface area contributed by atoms with Crippen LogP contribution in [0.2, 0.25) is 0 Å². The van der Waals surface area contributed by atoms with Crippen LogP contribution in [0.15, 0.2) is 6.33 Å². The average Bonchev–Trinajstić information content (AvgIpc) is 2.63. The standard InChI is InChI=1S/C9H15N5O4/c10-4-7(11)12-2-13-8(4)14-9-6(17)5(16)3(1-15)18-9/h2-3,5-6,9,15-17H,1,10H2,(H3,11,12,13,14)/t3-,5-,6-,9?/m1/s1. The summed E-state index contributed by atoms with van der Waals surface area (Å²) in [7, 11) is 0. The van der Waals surface area contributed by atoms with Crippen molar-refractivity contribution < 1.29 is 20.1 Å². The molecule has 1 aromatic rings. The summed E-state index contributed by atoms with van der Waals surface area (Å²) in [5, 5.41) is 30.9. The van der Waals surface area contributed by atoms with Crippen molar-refractivity contribution in [3.05, 3.63) is 6.33 Å². The van der Waals surface area contributed by atoms with Crippen LogP contribution >= 0.6 is 0 Å². The maximum atomic E-state index is 9.72. The van der Waals surface area contributed by atoms with Gasteiger partial charge in [0.25, 0.3) is 0 Å². The number of hydrogen-bond acceptors (Lipinski definition) is 9. The van der Waals surface area contributed by atoms with E-state index < -0.39 is 31.1 Å². The van der Waals surface area contributed by atoms with Crippen LogP contribution in [0.3, 0.4) is 0 Å². The minimum absolute atomic E-state index is 0.0965. The number of ether oxygens (including phenoxy) is 1. The Kier molecular flexibility index (Phi) is 3.48. The zero-order chi connectivity index (χ0) is 13.3. The van der Waals surface area contributed by atoms with Gasteiger partial charge in [-0.1, -0.05) is 0 Å². The second-order valence-corrected chi connectivity index (χ2v) is 3.92. The molecule has 18 heavy (non-hydrogen) atoms. The number of nitrogen functional groups attached to an aromatic ring is 2. The number of hydrogen-bond donors (Lipinski definition) is 6. The van der Waals surface area contributed by atoms with E-state index >= 15 is 0 Å². The fraction of sp³-hybridized carbons (Fsp3) is 0.556. The fourth-order valence-corrected chi connectivity index (χ4v) is 1.68. The van der Waals surface area contributed by atoms with Crippen LogP contribution in [-0.2, 0) is 4.74 Å². The Morgan fingerprint density at radius 2 is 2.00 bits per heavy atom. The highest BCUT2D eigenvalue weighted by atomic mass is 16.6. The SMILES string of the molecule is Nc1ncnc(NC2O[C@H](CO)[C@@H](O)[C@H]2O)c1N. The number of anilines is 3. The quantitative estimate of drug-likeness (QED) is 0.343. The van der Waals surface area contributed by atoms with E-state index in [1.807, 2.05) is 0 Å². The van der Waals surface area contributed by atoms with E-state index in [1.165, 1.54) is 6.33 Å². The van der Waals surface area contributed by atoms with E-state index in [1.54, 1.807) is 0 Å². The van der Waals surface area contributed by atoms with Crippen molar-refractivity contribution in [2.24, 2.45) is 0 Å². The molecular formula is C9H15N5O4. The van der Waals surface area contributed by atoms with Crippen LogP contribution in [0.4, 0.5) is 17.3 Å². The Hall–Kier alpha value is -1.68. The summed E-state index contributed by atoms with van der Waals surface area (Å²) >= 11 is 0. The zero-order valence-electron chi connectivity index (χ0n) is 9.39. The molecule has 0 aliphatic carbocycles. The number of aliphatic hydroxyl groups is 3. The van der Waals surface area contributed by atoms with Crippen molar-refractivity contribution in [1.29, 1.82) is 0 Å². The predicted octanol–water partition coefficient (Wildman–Crippen LogP) is -2.51. The van der Waals surface area contributed by atoms with Crippen LogP contribution in [-0.4, -0.2) is 56.4 Å². The second kappa shape index (κ2) is 4.90. The first-order chi connectivity index (χ1) is 8.54. The van der Waals surface area contributed by atoms with Crippen molar-refractivity contribution in [2.45, 2.75) is 24.5 Å². The highest BCUT2D eigenvalue weighted by Gasteiger charge is 2.42. The van der Waals surface area contributed by atoms with E-state index in [0.29, 0.717) is 0 Å². The highest BCUT2D eigenvalue weighted by Crippen LogP contribution is 2.26. The molecule has 1 unspecified atom stereocenters. The molecule has 1 aliphatic heterocycles. The normalized spacial score (nSPS) is 31.5. The average molecular weight is 257 g/mol. The number of nitrogens with one attached hydrogen (secondary N) is 1. The molecule has 1 aliphatic rings. The monoisotopic (exact) mass is 257 g/mol. The number of rotatable bonds is 3. The number of aliphatic hydroxyl groups excluding tert-OH is 3. The van der Waals surface area contributed by atoms with Gasteiger partial charge in [0.05, 0.1) is 6.61 Å². The molecule has 0 saturated carbocycles. The van der Waals surface area contributed by atoms with E-state index in [4.69, 9.17) is 21.3 Å². The van der Waals surface area contributed by atoms with Gasteiger partial charge in [0.15, 0.2) is 17.9 Å². The van der Waals surface area contributed by atoms with Gasteiger partial charge in [-0.3, -0.25) is 0 Å². The summed E-state index contributed by atoms with van der Waals surface area (Å²) in [5.41, 5.74) is 11.3. The molecule has 1 aromatic heterocycles. The molecule has 9 nitrogen and oxygen atoms in total. The van der Waals surface area contributed by atoms with Crippen molar-refractivity contribution >= 4 is 17.3 Å². The summed E-state index contributed by atoms with van der Waals surface area (Å²) in [6.07, 6.45) is -2.99. The van der Waals surface area contributed by atoms with Gasteiger partial charge < -0.3 is 36.8 Å². The van der Waals surface area contributed by atoms with Gasteiger partial charge in [-0.25, -0.2) is 9.97 Å². The molecule has 0 spiro atoms. The maximum absolute atomic E-state index is 9.72. The first kappa shape index (κ1) is 12.8. The number of aromatic nitrogens is 2. The first-order valence-electron chi connectivity index (χ1n) is 5.29. The van der Waals surface area contributed by atoms with E-state index in [-0.39, 0.29) is 17.3 Å². The van der Waals surface area contributed by atoms with Crippen LogP contribution in [0, 0.1) is 0 Å². The third-order valence-corrected chi connectivity index (χ3v) is 2.74. The molecule has 8 N–H and O–H groups in total. The number of nitrogens with zero attached hydrogens (tertiary/aromatic N) is 2. The molecule has 9 heteroatoms. The smallest absolute Gasteiger partial charge is 0.158 e. The van der Waals surface area contributed by atoms with Crippen molar-refractivity contribution in [3.8, 4) is 0 Å². The lowest BCUT2D eigenvalue weighted by molar-refractivity contribution is -0.0153. The fourth-order valence-electron chi connectivity index (χ4n) is 1.68. The Morgan fingerprint density at radius 3 is 2.61 bits per heavy atom. The van der Waals surface area contributed by atoms with Gasteiger partial charge in [0.1, 0.15) is 30.3 Å². The van der Waals surface area contributed by atoms with Crippen LogP contribution in [0.5, 0.6) is 0 Å². The number of nitrogens with two attached hydrogens (primary N) is 2. The van der Waals surface area contributed by atoms with Crippen LogP contribution in [0.25, 0.3) is 0 Å². The third kappa shape index (κ3) is 2.16. The van der Waals surface area contributed by atoms with Gasteiger partial charge in [-0.15, -0.1) is 0 Å². The molecule has 2 rings (SSSR count). The lowest BCUT2D eigenvalue weighted by Gasteiger charge is -2.18. The molecule has 0 aromatic carbocycles. The minimum atomic E-state index is -1.21. The highest BCUT2D eigenvalue weighted by molar-refractivity contribution is 5.72. The predicted molar refractivity (Wildman–Crippen MR) is 62.2 cm³/mol. The molecule has 0 amide bonds. The van der Waals surface area contributed by atoms with E-state index in [2.05, 4.69) is 15.3 Å². The van der Waals surface area contributed by atoms with E-state index in [9.17, 15) is 10.2 Å². The Bertz CT molecular complexity index is 431. The molecule has 1 fully saturated rings. The molecule has 0 radical (unpaired) electrons. The van der Waals surface area contributed by atoms with Gasteiger partial charge in [0.2, 0.25) is 0 Å². The Balaban J connectivity index is 2.13. The van der Waals surface area contributed by atoms with Gasteiger partial charge >= 0.3 is 0 Å². The second-order valence-electron chi connectivity index (χ2n) is 3.92. The van der Waals surface area contributed by atoms with E-state index in [0.717, 1.165) is 0 Å². The minimum Gasteiger partial charge on any atom is -0.394 e. The molecule has 4 atom stereocenters. The summed E-state index contributed by atoms with van der Waals surface area (Å²) in [4.78, 5) is 7.54. The lowest BCUT2D eigenvalue weighted by Crippen LogP contribution is -2.36. The Morgan fingerprint density at radius 1 is 1.28 bits per heavy atom. The third-order valence-electron chi connectivity index (χ3n) is 2.74. The summed E-state index contributed by atoms with van der Waals surface area (Å²) in [6, 6.07) is 0. The molecule has 0 bridgehead atoms. The Labute approximate surface area is 102 Å². The summed E-state index contributed by atoms with van der Waals surface area (Å²) < 4.78 is 5.22. The topological polar surface area (TPSA) is 160 Å². The van der Waals surface area contributed by atoms with Gasteiger partial charge in [-0.05, 0) is 0 Å². The van der Waals surface area contributed by atoms with Crippen LogP contribution < -0.4 is 16.8 Å².